The molecule has 13 rings (SSSR count). The van der Waals surface area contributed by atoms with Crippen LogP contribution in [0.2, 0.25) is 0 Å². The van der Waals surface area contributed by atoms with Crippen molar-refractivity contribution in [1.82, 2.24) is 4.57 Å². The Morgan fingerprint density at radius 1 is 0.418 bits per heavy atom. The van der Waals surface area contributed by atoms with E-state index in [1.54, 1.807) is 0 Å². The Labute approximate surface area is 397 Å². The molecular formula is C65H51NS. The summed E-state index contributed by atoms with van der Waals surface area (Å²) in [6.07, 6.45) is 3.32. The minimum absolute atomic E-state index is 0.0599. The van der Waals surface area contributed by atoms with Gasteiger partial charge in [0.2, 0.25) is 0 Å². The third-order valence-electron chi connectivity index (χ3n) is 14.3. The zero-order valence-electron chi connectivity index (χ0n) is 38.3. The van der Waals surface area contributed by atoms with Gasteiger partial charge in [-0.2, -0.15) is 0 Å². The van der Waals surface area contributed by atoms with Gasteiger partial charge in [-0.3, -0.25) is 0 Å². The van der Waals surface area contributed by atoms with Gasteiger partial charge in [-0.25, -0.2) is 0 Å². The number of para-hydroxylation sites is 1. The van der Waals surface area contributed by atoms with Gasteiger partial charge in [0.1, 0.15) is 0 Å². The summed E-state index contributed by atoms with van der Waals surface area (Å²) in [4.78, 5) is 0. The predicted octanol–water partition coefficient (Wildman–Crippen LogP) is 18.1. The molecule has 0 aliphatic heterocycles. The van der Waals surface area contributed by atoms with E-state index in [1.807, 2.05) is 11.3 Å². The summed E-state index contributed by atoms with van der Waals surface area (Å²) in [7, 11) is 0. The van der Waals surface area contributed by atoms with Crippen molar-refractivity contribution in [3.8, 4) is 39.1 Å². The molecule has 0 spiro atoms. The fourth-order valence-corrected chi connectivity index (χ4v) is 11.8. The van der Waals surface area contributed by atoms with Gasteiger partial charge in [0, 0.05) is 42.0 Å². The largest absolute Gasteiger partial charge is 0.309 e. The zero-order valence-corrected chi connectivity index (χ0v) is 39.1. The molecule has 12 aromatic rings. The van der Waals surface area contributed by atoms with E-state index in [4.69, 9.17) is 0 Å². The number of aryl methyl sites for hydroxylation is 3. The van der Waals surface area contributed by atoms with Crippen LogP contribution in [-0.4, -0.2) is 4.57 Å². The summed E-state index contributed by atoms with van der Waals surface area (Å²) in [5.74, 6) is 0. The summed E-state index contributed by atoms with van der Waals surface area (Å²) in [6, 6.07) is 80.5. The van der Waals surface area contributed by atoms with Gasteiger partial charge in [-0.1, -0.05) is 189 Å². The normalized spacial score (nSPS) is 12.7. The highest BCUT2D eigenvalue weighted by atomic mass is 32.1. The van der Waals surface area contributed by atoms with Crippen molar-refractivity contribution in [2.45, 2.75) is 45.4 Å². The highest BCUT2D eigenvalue weighted by Crippen LogP contribution is 2.49. The Morgan fingerprint density at radius 3 is 1.84 bits per heavy atom. The summed E-state index contributed by atoms with van der Waals surface area (Å²) in [5.41, 5.74) is 18.7. The molecule has 2 aromatic heterocycles. The number of fused-ring (bicyclic) bond motifs is 11. The topological polar surface area (TPSA) is 4.93 Å². The average molecular weight is 878 g/mol. The first-order valence-electron chi connectivity index (χ1n) is 23.7. The van der Waals surface area contributed by atoms with Crippen molar-refractivity contribution in [3.05, 3.63) is 246 Å². The van der Waals surface area contributed by atoms with Gasteiger partial charge in [-0.15, -0.1) is 11.3 Å². The van der Waals surface area contributed by atoms with E-state index in [0.29, 0.717) is 0 Å². The third-order valence-corrected chi connectivity index (χ3v) is 15.4. The minimum Gasteiger partial charge on any atom is -0.309 e. The molecule has 0 bridgehead atoms. The first-order chi connectivity index (χ1) is 32.9. The molecule has 1 nitrogen and oxygen atoms in total. The number of thiophene rings is 1. The summed E-state index contributed by atoms with van der Waals surface area (Å²) >= 11 is 1.87. The number of benzene rings is 10. The highest BCUT2D eigenvalue weighted by molar-refractivity contribution is 7.25. The SMILES string of the molecule is CC1(C)c2ccccc2-c2ccc(CCCc3ccc(-c4ccc5c(c4)c4c6ccccc6ccc4n5-c4ccccc4)cc3)cc21.Cc1ccc(-c2ccc3sc4ccccc4c3c2)cc1. The van der Waals surface area contributed by atoms with Gasteiger partial charge < -0.3 is 4.57 Å². The number of hydrogen-bond donors (Lipinski definition) is 0. The monoisotopic (exact) mass is 877 g/mol. The first kappa shape index (κ1) is 40.9. The molecule has 0 radical (unpaired) electrons. The molecule has 1 aliphatic carbocycles. The molecule has 2 heteroatoms. The van der Waals surface area contributed by atoms with Crippen LogP contribution >= 0.6 is 11.3 Å². The van der Waals surface area contributed by atoms with Crippen molar-refractivity contribution >= 4 is 64.1 Å². The lowest BCUT2D eigenvalue weighted by atomic mass is 9.82. The fourth-order valence-electron chi connectivity index (χ4n) is 10.7. The van der Waals surface area contributed by atoms with Gasteiger partial charge in [0.05, 0.1) is 11.0 Å². The molecule has 1 aliphatic rings. The standard InChI is InChI=1S/C46H37N.C19H14S/c1-46(2)41-18-9-8-17-38(41)39-26-21-32(29-42(39)46)12-10-11-31-19-22-33(23-20-31)35-25-27-43-40(30-35)45-37-16-7-6-13-34(37)24-28-44(45)47(43)36-14-4-3-5-15-36;1-13-6-8-14(9-7-13)15-10-11-19-17(12-15)16-4-2-3-5-18(16)20-19/h3-9,13-30H,10-12H2,1-2H3;2-12H,1H3. The van der Waals surface area contributed by atoms with Crippen LogP contribution < -0.4 is 0 Å². The highest BCUT2D eigenvalue weighted by Gasteiger charge is 2.35. The van der Waals surface area contributed by atoms with Crippen molar-refractivity contribution < 1.29 is 0 Å². The molecule has 0 atom stereocenters. The number of aromatic nitrogens is 1. The number of rotatable bonds is 7. The van der Waals surface area contributed by atoms with E-state index in [0.717, 1.165) is 19.3 Å². The second-order valence-electron chi connectivity index (χ2n) is 18.9. The molecule has 10 aromatic carbocycles. The Hall–Kier alpha value is -7.52. The third kappa shape index (κ3) is 7.33. The quantitative estimate of drug-likeness (QED) is 0.150. The van der Waals surface area contributed by atoms with E-state index >= 15 is 0 Å². The predicted molar refractivity (Wildman–Crippen MR) is 289 cm³/mol. The van der Waals surface area contributed by atoms with Crippen LogP contribution in [0.25, 0.3) is 91.8 Å². The fraction of sp³-hybridized carbons (Fsp3) is 0.108. The van der Waals surface area contributed by atoms with Gasteiger partial charge in [0.15, 0.2) is 0 Å². The Morgan fingerprint density at radius 2 is 1.01 bits per heavy atom. The van der Waals surface area contributed by atoms with Gasteiger partial charge in [-0.05, 0) is 141 Å². The van der Waals surface area contributed by atoms with Crippen LogP contribution in [0.5, 0.6) is 0 Å². The lowest BCUT2D eigenvalue weighted by Crippen LogP contribution is -2.15. The van der Waals surface area contributed by atoms with Crippen LogP contribution in [-0.2, 0) is 18.3 Å². The summed E-state index contributed by atoms with van der Waals surface area (Å²) < 4.78 is 5.13. The minimum atomic E-state index is 0.0599. The van der Waals surface area contributed by atoms with E-state index in [1.165, 1.54) is 120 Å². The molecule has 0 N–H and O–H groups in total. The number of nitrogens with zero attached hydrogens (tertiary/aromatic N) is 1. The summed E-state index contributed by atoms with van der Waals surface area (Å²) in [6.45, 7) is 6.86. The molecular weight excluding hydrogens is 827 g/mol. The van der Waals surface area contributed by atoms with Crippen LogP contribution in [0.1, 0.15) is 48.1 Å². The average Bonchev–Trinajstić information content (AvgIpc) is 3.99. The Bertz CT molecular complexity index is 3790. The molecule has 0 unspecified atom stereocenters. The molecule has 0 saturated heterocycles. The van der Waals surface area contributed by atoms with Crippen molar-refractivity contribution in [2.75, 3.05) is 0 Å². The maximum atomic E-state index is 2.46. The van der Waals surface area contributed by atoms with Crippen molar-refractivity contribution in [3.63, 3.8) is 0 Å². The van der Waals surface area contributed by atoms with Crippen LogP contribution in [0, 0.1) is 6.92 Å². The zero-order chi connectivity index (χ0) is 45.1. The lowest BCUT2D eigenvalue weighted by Gasteiger charge is -2.22. The van der Waals surface area contributed by atoms with Crippen LogP contribution in [0.4, 0.5) is 0 Å². The molecule has 322 valence electrons. The van der Waals surface area contributed by atoms with E-state index in [-0.39, 0.29) is 5.41 Å². The van der Waals surface area contributed by atoms with Crippen molar-refractivity contribution in [2.24, 2.45) is 0 Å². The number of hydrogen-bond acceptors (Lipinski definition) is 1. The second kappa shape index (κ2) is 16.7. The summed E-state index contributed by atoms with van der Waals surface area (Å²) in [5, 5.41) is 7.91. The van der Waals surface area contributed by atoms with Crippen molar-refractivity contribution in [1.29, 1.82) is 0 Å². The van der Waals surface area contributed by atoms with Crippen LogP contribution in [0.3, 0.4) is 0 Å². The Kier molecular flexibility index (Phi) is 10.2. The molecule has 0 fully saturated rings. The molecule has 0 amide bonds. The molecule has 67 heavy (non-hydrogen) atoms. The lowest BCUT2D eigenvalue weighted by molar-refractivity contribution is 0.658. The Balaban J connectivity index is 0.000000194. The maximum absolute atomic E-state index is 2.46. The van der Waals surface area contributed by atoms with Gasteiger partial charge >= 0.3 is 0 Å². The van der Waals surface area contributed by atoms with Crippen LogP contribution in [0.15, 0.2) is 218 Å². The first-order valence-corrected chi connectivity index (χ1v) is 24.5. The maximum Gasteiger partial charge on any atom is 0.0547 e. The second-order valence-corrected chi connectivity index (χ2v) is 19.9. The van der Waals surface area contributed by atoms with E-state index in [9.17, 15) is 0 Å². The van der Waals surface area contributed by atoms with Gasteiger partial charge in [0.25, 0.3) is 0 Å². The van der Waals surface area contributed by atoms with E-state index < -0.39 is 0 Å². The molecule has 0 saturated carbocycles. The molecule has 2 heterocycles. The smallest absolute Gasteiger partial charge is 0.0547 e. The van der Waals surface area contributed by atoms with E-state index in [2.05, 4.69) is 244 Å².